The highest BCUT2D eigenvalue weighted by molar-refractivity contribution is 6.08. The van der Waals surface area contributed by atoms with E-state index in [0.29, 0.717) is 0 Å². The largest absolute Gasteiger partial charge is 0.261 e. The van der Waals surface area contributed by atoms with E-state index in [1.807, 2.05) is 6.20 Å². The van der Waals surface area contributed by atoms with Gasteiger partial charge >= 0.3 is 0 Å². The summed E-state index contributed by atoms with van der Waals surface area (Å²) < 4.78 is 0. The van der Waals surface area contributed by atoms with Crippen molar-refractivity contribution in [3.8, 4) is 0 Å². The third kappa shape index (κ3) is 1.16. The van der Waals surface area contributed by atoms with Crippen molar-refractivity contribution in [3.05, 3.63) is 48.7 Å². The van der Waals surface area contributed by atoms with Crippen LogP contribution in [0.15, 0.2) is 48.7 Å². The van der Waals surface area contributed by atoms with Crippen molar-refractivity contribution in [2.75, 3.05) is 0 Å². The summed E-state index contributed by atoms with van der Waals surface area (Å²) in [6.07, 6.45) is 1.81. The molecule has 4 aromatic rings. The summed E-state index contributed by atoms with van der Waals surface area (Å²) >= 11 is 0. The van der Waals surface area contributed by atoms with Gasteiger partial charge in [0.25, 0.3) is 0 Å². The van der Waals surface area contributed by atoms with Crippen molar-refractivity contribution >= 4 is 32.7 Å². The highest BCUT2D eigenvalue weighted by Crippen LogP contribution is 2.26. The molecule has 3 nitrogen and oxygen atoms in total. The Morgan fingerprint density at radius 2 is 1.82 bits per heavy atom. The second kappa shape index (κ2) is 3.04. The van der Waals surface area contributed by atoms with Crippen molar-refractivity contribution < 1.29 is 0 Å². The number of nitrogens with zero attached hydrogens (tertiary/aromatic N) is 2. The Balaban J connectivity index is 2.30. The van der Waals surface area contributed by atoms with E-state index >= 15 is 0 Å². The first-order chi connectivity index (χ1) is 8.42. The Kier molecular flexibility index (Phi) is 1.56. The van der Waals surface area contributed by atoms with Crippen LogP contribution in [0.3, 0.4) is 0 Å². The predicted molar refractivity (Wildman–Crippen MR) is 68.9 cm³/mol. The van der Waals surface area contributed by atoms with Crippen LogP contribution in [0.1, 0.15) is 0 Å². The van der Waals surface area contributed by atoms with Crippen molar-refractivity contribution in [2.45, 2.75) is 0 Å². The van der Waals surface area contributed by atoms with E-state index < -0.39 is 0 Å². The number of pyridine rings is 1. The molecule has 2 aromatic heterocycles. The lowest BCUT2D eigenvalue weighted by Gasteiger charge is -2.02. The van der Waals surface area contributed by atoms with Gasteiger partial charge in [-0.25, -0.2) is 4.98 Å². The Morgan fingerprint density at radius 3 is 2.82 bits per heavy atom. The first kappa shape index (κ1) is 8.70. The van der Waals surface area contributed by atoms with Crippen LogP contribution in [-0.4, -0.2) is 15.2 Å². The molecule has 0 radical (unpaired) electrons. The minimum atomic E-state index is 0.841. The fraction of sp³-hybridized carbons (Fsp3) is 0. The number of aromatic amines is 1. The molecular weight excluding hydrogens is 210 g/mol. The van der Waals surface area contributed by atoms with E-state index in [-0.39, 0.29) is 0 Å². The zero-order valence-corrected chi connectivity index (χ0v) is 9.01. The highest BCUT2D eigenvalue weighted by Gasteiger charge is 2.04. The molecule has 0 saturated carbocycles. The van der Waals surface area contributed by atoms with Crippen molar-refractivity contribution in [1.29, 1.82) is 0 Å². The summed E-state index contributed by atoms with van der Waals surface area (Å²) in [6, 6.07) is 14.7. The lowest BCUT2D eigenvalue weighted by atomic mass is 10.0. The molecule has 0 fully saturated rings. The van der Waals surface area contributed by atoms with Gasteiger partial charge in [0, 0.05) is 10.8 Å². The maximum Gasteiger partial charge on any atom is 0.155 e. The molecule has 0 aliphatic heterocycles. The van der Waals surface area contributed by atoms with Crippen LogP contribution in [-0.2, 0) is 0 Å². The van der Waals surface area contributed by atoms with Gasteiger partial charge in [-0.2, -0.15) is 5.10 Å². The minimum absolute atomic E-state index is 0.841. The topological polar surface area (TPSA) is 41.6 Å². The number of aromatic nitrogens is 3. The normalized spacial score (nSPS) is 11.5. The summed E-state index contributed by atoms with van der Waals surface area (Å²) in [5.41, 5.74) is 1.84. The van der Waals surface area contributed by atoms with Gasteiger partial charge < -0.3 is 0 Å². The number of rotatable bonds is 0. The first-order valence-corrected chi connectivity index (χ1v) is 5.53. The third-order valence-corrected chi connectivity index (χ3v) is 3.13. The second-order valence-corrected chi connectivity index (χ2v) is 4.15. The molecule has 2 heterocycles. The van der Waals surface area contributed by atoms with Gasteiger partial charge in [-0.05, 0) is 22.9 Å². The Bertz CT molecular complexity index is 846. The van der Waals surface area contributed by atoms with E-state index in [4.69, 9.17) is 0 Å². The molecule has 0 unspecified atom stereocenters. The van der Waals surface area contributed by atoms with Gasteiger partial charge in [-0.1, -0.05) is 30.3 Å². The molecule has 0 saturated heterocycles. The molecule has 1 N–H and O–H groups in total. The number of H-pyrrole nitrogens is 1. The minimum Gasteiger partial charge on any atom is -0.261 e. The van der Waals surface area contributed by atoms with E-state index in [1.165, 1.54) is 16.2 Å². The van der Waals surface area contributed by atoms with Crippen LogP contribution in [0, 0.1) is 0 Å². The molecule has 0 amide bonds. The standard InChI is InChI=1S/C14H9N3/c1-2-4-11-9(3-1)5-6-13-12(11)7-10-8-15-17-14(10)16-13/h1-8H,(H,15,16,17). The Hall–Kier alpha value is -2.42. The summed E-state index contributed by atoms with van der Waals surface area (Å²) in [7, 11) is 0. The third-order valence-electron chi connectivity index (χ3n) is 3.13. The maximum absolute atomic E-state index is 4.57. The van der Waals surface area contributed by atoms with Gasteiger partial charge in [-0.15, -0.1) is 0 Å². The average molecular weight is 219 g/mol. The molecule has 0 bridgehead atoms. The lowest BCUT2D eigenvalue weighted by molar-refractivity contribution is 1.10. The smallest absolute Gasteiger partial charge is 0.155 e. The van der Waals surface area contributed by atoms with E-state index in [1.54, 1.807) is 0 Å². The van der Waals surface area contributed by atoms with Crippen molar-refractivity contribution in [2.24, 2.45) is 0 Å². The zero-order valence-electron chi connectivity index (χ0n) is 9.01. The Morgan fingerprint density at radius 1 is 0.882 bits per heavy atom. The van der Waals surface area contributed by atoms with E-state index in [9.17, 15) is 0 Å². The number of hydrogen-bond acceptors (Lipinski definition) is 2. The molecule has 0 aliphatic carbocycles. The van der Waals surface area contributed by atoms with Gasteiger partial charge in [0.2, 0.25) is 0 Å². The molecule has 0 spiro atoms. The molecule has 4 rings (SSSR count). The maximum atomic E-state index is 4.57. The SMILES string of the molecule is c1ccc2c(c1)ccc1nc3[nH]ncc3cc12. The quantitative estimate of drug-likeness (QED) is 0.461. The van der Waals surface area contributed by atoms with Crippen LogP contribution < -0.4 is 0 Å². The van der Waals surface area contributed by atoms with Crippen LogP contribution >= 0.6 is 0 Å². The fourth-order valence-electron chi connectivity index (χ4n) is 2.29. The van der Waals surface area contributed by atoms with Crippen LogP contribution in [0.25, 0.3) is 32.7 Å². The molecule has 2 aromatic carbocycles. The highest BCUT2D eigenvalue weighted by atomic mass is 15.1. The zero-order chi connectivity index (χ0) is 11.2. The monoisotopic (exact) mass is 219 g/mol. The van der Waals surface area contributed by atoms with Gasteiger partial charge in [0.15, 0.2) is 5.65 Å². The first-order valence-electron chi connectivity index (χ1n) is 5.53. The molecule has 0 atom stereocenters. The molecule has 3 heteroatoms. The number of nitrogens with one attached hydrogen (secondary N) is 1. The summed E-state index contributed by atoms with van der Waals surface area (Å²) in [6.45, 7) is 0. The van der Waals surface area contributed by atoms with Crippen LogP contribution in [0.2, 0.25) is 0 Å². The summed E-state index contributed by atoms with van der Waals surface area (Å²) in [5, 5.41) is 11.6. The number of fused-ring (bicyclic) bond motifs is 4. The lowest BCUT2D eigenvalue weighted by Crippen LogP contribution is -1.82. The Labute approximate surface area is 97.1 Å². The molecule has 17 heavy (non-hydrogen) atoms. The summed E-state index contributed by atoms with van der Waals surface area (Å²) in [5.74, 6) is 0. The average Bonchev–Trinajstić information content (AvgIpc) is 2.83. The van der Waals surface area contributed by atoms with Gasteiger partial charge in [-0.3, -0.25) is 5.10 Å². The second-order valence-electron chi connectivity index (χ2n) is 4.15. The predicted octanol–water partition coefficient (Wildman–Crippen LogP) is 3.26. The van der Waals surface area contributed by atoms with Crippen LogP contribution in [0.5, 0.6) is 0 Å². The van der Waals surface area contributed by atoms with E-state index in [0.717, 1.165) is 16.6 Å². The molecule has 80 valence electrons. The molecular formula is C14H9N3. The molecule has 0 aliphatic rings. The fourth-order valence-corrected chi connectivity index (χ4v) is 2.29. The van der Waals surface area contributed by atoms with E-state index in [2.05, 4.69) is 57.6 Å². The summed E-state index contributed by atoms with van der Waals surface area (Å²) in [4.78, 5) is 4.57. The van der Waals surface area contributed by atoms with Crippen molar-refractivity contribution in [3.63, 3.8) is 0 Å². The van der Waals surface area contributed by atoms with Gasteiger partial charge in [0.05, 0.1) is 11.7 Å². The van der Waals surface area contributed by atoms with Crippen molar-refractivity contribution in [1.82, 2.24) is 15.2 Å². The number of hydrogen-bond donors (Lipinski definition) is 1. The number of benzene rings is 2. The van der Waals surface area contributed by atoms with Gasteiger partial charge in [0.1, 0.15) is 0 Å². The van der Waals surface area contributed by atoms with Crippen LogP contribution in [0.4, 0.5) is 0 Å².